The van der Waals surface area contributed by atoms with Gasteiger partial charge in [-0.3, -0.25) is 4.90 Å². The maximum absolute atomic E-state index is 11.7. The molecule has 1 aliphatic rings. The lowest BCUT2D eigenvalue weighted by Gasteiger charge is -2.26. The van der Waals surface area contributed by atoms with Crippen molar-refractivity contribution in [3.8, 4) is 5.75 Å². The van der Waals surface area contributed by atoms with Crippen LogP contribution in [0.5, 0.6) is 5.75 Å². The fourth-order valence-electron chi connectivity index (χ4n) is 2.36. The minimum atomic E-state index is -0.115. The first-order valence-corrected chi connectivity index (χ1v) is 7.72. The van der Waals surface area contributed by atoms with Crippen LogP contribution in [-0.2, 0) is 11.2 Å². The predicted octanol–water partition coefficient (Wildman–Crippen LogP) is 0.869. The lowest BCUT2D eigenvalue weighted by Crippen LogP contribution is -2.44. The van der Waals surface area contributed by atoms with E-state index in [0.717, 1.165) is 50.6 Å². The summed E-state index contributed by atoms with van der Waals surface area (Å²) in [4.78, 5) is 14.0. The highest BCUT2D eigenvalue weighted by Gasteiger charge is 2.09. The summed E-state index contributed by atoms with van der Waals surface area (Å²) in [6.45, 7) is 5.59. The maximum atomic E-state index is 11.7. The Morgan fingerprint density at radius 1 is 1.27 bits per heavy atom. The number of ether oxygens (including phenoxy) is 2. The molecule has 0 saturated carbocycles. The Bertz CT molecular complexity index is 462. The number of nitrogens with one attached hydrogen (secondary N) is 2. The van der Waals surface area contributed by atoms with E-state index < -0.39 is 0 Å². The van der Waals surface area contributed by atoms with Gasteiger partial charge < -0.3 is 20.1 Å². The Morgan fingerprint density at radius 2 is 2.05 bits per heavy atom. The van der Waals surface area contributed by atoms with E-state index in [1.165, 1.54) is 0 Å². The van der Waals surface area contributed by atoms with Gasteiger partial charge >= 0.3 is 6.03 Å². The number of carbonyl (C=O) groups is 1. The van der Waals surface area contributed by atoms with Gasteiger partial charge in [0.15, 0.2) is 0 Å². The fourth-order valence-corrected chi connectivity index (χ4v) is 2.36. The highest BCUT2D eigenvalue weighted by Crippen LogP contribution is 2.12. The van der Waals surface area contributed by atoms with Crippen molar-refractivity contribution in [1.29, 1.82) is 0 Å². The van der Waals surface area contributed by atoms with E-state index in [1.807, 2.05) is 24.3 Å². The monoisotopic (exact) mass is 307 g/mol. The van der Waals surface area contributed by atoms with Crippen LogP contribution in [0.1, 0.15) is 5.56 Å². The lowest BCUT2D eigenvalue weighted by atomic mass is 10.1. The topological polar surface area (TPSA) is 62.8 Å². The first kappa shape index (κ1) is 16.6. The molecule has 1 aromatic carbocycles. The van der Waals surface area contributed by atoms with Gasteiger partial charge in [-0.15, -0.1) is 0 Å². The summed E-state index contributed by atoms with van der Waals surface area (Å²) in [5.74, 6) is 0.840. The van der Waals surface area contributed by atoms with Crippen molar-refractivity contribution in [3.05, 3.63) is 29.8 Å². The Kier molecular flexibility index (Phi) is 6.99. The van der Waals surface area contributed by atoms with Crippen LogP contribution in [0.15, 0.2) is 24.3 Å². The van der Waals surface area contributed by atoms with Crippen LogP contribution >= 0.6 is 0 Å². The van der Waals surface area contributed by atoms with Crippen molar-refractivity contribution in [2.24, 2.45) is 0 Å². The number of nitrogens with zero attached hydrogens (tertiary/aromatic N) is 1. The van der Waals surface area contributed by atoms with Crippen molar-refractivity contribution >= 4 is 6.03 Å². The van der Waals surface area contributed by atoms with E-state index in [9.17, 15) is 4.79 Å². The highest BCUT2D eigenvalue weighted by atomic mass is 16.5. The molecule has 0 unspecified atom stereocenters. The molecule has 2 amide bonds. The second-order valence-corrected chi connectivity index (χ2v) is 5.24. The molecule has 6 nitrogen and oxygen atoms in total. The molecule has 0 bridgehead atoms. The smallest absolute Gasteiger partial charge is 0.314 e. The maximum Gasteiger partial charge on any atom is 0.314 e. The van der Waals surface area contributed by atoms with E-state index >= 15 is 0 Å². The third-order valence-electron chi connectivity index (χ3n) is 3.65. The molecule has 0 aromatic heterocycles. The number of morpholine rings is 1. The van der Waals surface area contributed by atoms with Crippen molar-refractivity contribution < 1.29 is 14.3 Å². The number of hydrogen-bond donors (Lipinski definition) is 2. The molecule has 0 aliphatic carbocycles. The molecule has 22 heavy (non-hydrogen) atoms. The number of urea groups is 1. The zero-order valence-corrected chi connectivity index (χ0v) is 13.1. The van der Waals surface area contributed by atoms with Crippen molar-refractivity contribution in [3.63, 3.8) is 0 Å². The second kappa shape index (κ2) is 9.27. The molecule has 2 rings (SSSR count). The van der Waals surface area contributed by atoms with Gasteiger partial charge in [0.2, 0.25) is 0 Å². The number of hydrogen-bond acceptors (Lipinski definition) is 4. The Labute approximate surface area is 131 Å². The lowest BCUT2D eigenvalue weighted by molar-refractivity contribution is 0.0387. The third-order valence-corrected chi connectivity index (χ3v) is 3.65. The fraction of sp³-hybridized carbons (Fsp3) is 0.562. The van der Waals surface area contributed by atoms with Crippen LogP contribution in [0.3, 0.4) is 0 Å². The van der Waals surface area contributed by atoms with Gasteiger partial charge in [0.05, 0.1) is 20.3 Å². The van der Waals surface area contributed by atoms with Gasteiger partial charge in [-0.2, -0.15) is 0 Å². The van der Waals surface area contributed by atoms with Crippen LogP contribution in [0, 0.1) is 0 Å². The standard InChI is InChI=1S/C16H25N3O3/c1-21-15-4-2-3-14(13-15)5-6-17-16(20)18-7-8-19-9-11-22-12-10-19/h2-4,13H,5-12H2,1H3,(H2,17,18,20). The molecule has 2 N–H and O–H groups in total. The second-order valence-electron chi connectivity index (χ2n) is 5.24. The average Bonchev–Trinajstić information content (AvgIpc) is 2.56. The first-order valence-electron chi connectivity index (χ1n) is 7.72. The van der Waals surface area contributed by atoms with Crippen molar-refractivity contribution in [1.82, 2.24) is 15.5 Å². The summed E-state index contributed by atoms with van der Waals surface area (Å²) < 4.78 is 10.5. The van der Waals surface area contributed by atoms with Crippen LogP contribution in [0.4, 0.5) is 4.79 Å². The van der Waals surface area contributed by atoms with E-state index in [0.29, 0.717) is 13.1 Å². The van der Waals surface area contributed by atoms with E-state index in [1.54, 1.807) is 7.11 Å². The summed E-state index contributed by atoms with van der Waals surface area (Å²) >= 11 is 0. The first-order chi connectivity index (χ1) is 10.8. The van der Waals surface area contributed by atoms with Crippen LogP contribution < -0.4 is 15.4 Å². The molecule has 1 aromatic rings. The largest absolute Gasteiger partial charge is 0.497 e. The molecule has 0 radical (unpaired) electrons. The number of carbonyl (C=O) groups excluding carboxylic acids is 1. The summed E-state index contributed by atoms with van der Waals surface area (Å²) in [5.41, 5.74) is 1.15. The van der Waals surface area contributed by atoms with E-state index in [-0.39, 0.29) is 6.03 Å². The van der Waals surface area contributed by atoms with Crippen LogP contribution in [-0.4, -0.2) is 64.0 Å². The molecule has 6 heteroatoms. The number of rotatable bonds is 7. The summed E-state index contributed by atoms with van der Waals surface area (Å²) in [6, 6.07) is 7.76. The Balaban J connectivity index is 1.57. The van der Waals surface area contributed by atoms with E-state index in [4.69, 9.17) is 9.47 Å². The number of benzene rings is 1. The summed E-state index contributed by atoms with van der Waals surface area (Å²) in [6.07, 6.45) is 0.786. The quantitative estimate of drug-likeness (QED) is 0.784. The minimum Gasteiger partial charge on any atom is -0.497 e. The van der Waals surface area contributed by atoms with Gasteiger partial charge in [0, 0.05) is 32.7 Å². The van der Waals surface area contributed by atoms with Crippen molar-refractivity contribution in [2.45, 2.75) is 6.42 Å². The van der Waals surface area contributed by atoms with E-state index in [2.05, 4.69) is 15.5 Å². The van der Waals surface area contributed by atoms with Gasteiger partial charge in [0.25, 0.3) is 0 Å². The molecule has 122 valence electrons. The molecule has 0 atom stereocenters. The Hall–Kier alpha value is -1.79. The third kappa shape index (κ3) is 5.91. The normalized spacial score (nSPS) is 15.3. The van der Waals surface area contributed by atoms with Crippen molar-refractivity contribution in [2.75, 3.05) is 53.0 Å². The Morgan fingerprint density at radius 3 is 2.82 bits per heavy atom. The van der Waals surface area contributed by atoms with Crippen LogP contribution in [0.25, 0.3) is 0 Å². The molecule has 0 spiro atoms. The summed E-state index contributed by atoms with van der Waals surface area (Å²) in [7, 11) is 1.65. The molecular formula is C16H25N3O3. The molecule has 1 saturated heterocycles. The summed E-state index contributed by atoms with van der Waals surface area (Å²) in [5, 5.41) is 5.75. The number of methoxy groups -OCH3 is 1. The predicted molar refractivity (Wildman–Crippen MR) is 85.4 cm³/mol. The van der Waals surface area contributed by atoms with Crippen LogP contribution in [0.2, 0.25) is 0 Å². The highest BCUT2D eigenvalue weighted by molar-refractivity contribution is 5.73. The molecule has 1 aliphatic heterocycles. The molecule has 1 heterocycles. The van der Waals surface area contributed by atoms with Gasteiger partial charge in [0.1, 0.15) is 5.75 Å². The average molecular weight is 307 g/mol. The molecule has 1 fully saturated rings. The number of amides is 2. The van der Waals surface area contributed by atoms with Gasteiger partial charge in [-0.25, -0.2) is 4.79 Å². The van der Waals surface area contributed by atoms with Gasteiger partial charge in [-0.05, 0) is 24.1 Å². The SMILES string of the molecule is COc1cccc(CCNC(=O)NCCN2CCOCC2)c1. The zero-order chi connectivity index (χ0) is 15.6. The molecular weight excluding hydrogens is 282 g/mol. The van der Waals surface area contributed by atoms with Gasteiger partial charge in [-0.1, -0.05) is 12.1 Å². The minimum absolute atomic E-state index is 0.115. The zero-order valence-electron chi connectivity index (χ0n) is 13.1.